The molecule has 2 saturated heterocycles. The lowest BCUT2D eigenvalue weighted by Gasteiger charge is -2.40. The molecule has 0 aromatic heterocycles. The van der Waals surface area contributed by atoms with Crippen LogP contribution in [0.4, 0.5) is 4.79 Å². The van der Waals surface area contributed by atoms with E-state index in [1.165, 1.54) is 16.7 Å². The fourth-order valence-corrected chi connectivity index (χ4v) is 4.30. The van der Waals surface area contributed by atoms with Gasteiger partial charge in [0.15, 0.2) is 0 Å². The lowest BCUT2D eigenvalue weighted by atomic mass is 10.1. The number of urea groups is 1. The molecular weight excluding hydrogens is 268 g/mol. The van der Waals surface area contributed by atoms with Gasteiger partial charge in [0.1, 0.15) is 6.04 Å². The van der Waals surface area contributed by atoms with Crippen LogP contribution in [0.3, 0.4) is 0 Å². The second-order valence-electron chi connectivity index (χ2n) is 5.21. The van der Waals surface area contributed by atoms with Gasteiger partial charge in [0.05, 0.1) is 24.6 Å². The van der Waals surface area contributed by atoms with E-state index < -0.39 is 12.0 Å². The normalized spacial score (nSPS) is 34.4. The van der Waals surface area contributed by atoms with E-state index in [-0.39, 0.29) is 18.2 Å². The van der Waals surface area contributed by atoms with Crippen molar-refractivity contribution in [2.75, 3.05) is 24.8 Å². The summed E-state index contributed by atoms with van der Waals surface area (Å²) in [6.45, 7) is 1.14. The molecule has 6 nitrogen and oxygen atoms in total. The average molecular weight is 286 g/mol. The number of carbonyl (C=O) groups is 2. The van der Waals surface area contributed by atoms with Crippen LogP contribution < -0.4 is 0 Å². The lowest BCUT2D eigenvalue weighted by Crippen LogP contribution is -2.57. The number of rotatable bonds is 1. The Morgan fingerprint density at radius 3 is 2.89 bits per heavy atom. The van der Waals surface area contributed by atoms with Crippen LogP contribution in [0.5, 0.6) is 0 Å². The summed E-state index contributed by atoms with van der Waals surface area (Å²) in [7, 11) is 0. The van der Waals surface area contributed by atoms with E-state index in [1.54, 1.807) is 0 Å². The highest BCUT2D eigenvalue weighted by Crippen LogP contribution is 2.32. The summed E-state index contributed by atoms with van der Waals surface area (Å²) in [5.41, 5.74) is 0. The molecular formula is C12H18N2O4S. The highest BCUT2D eigenvalue weighted by atomic mass is 32.2. The average Bonchev–Trinajstić information content (AvgIpc) is 3.05. The van der Waals surface area contributed by atoms with Gasteiger partial charge in [0, 0.05) is 12.3 Å². The lowest BCUT2D eigenvalue weighted by molar-refractivity contribution is -0.141. The predicted octanol–water partition coefficient (Wildman–Crippen LogP) is 0.819. The highest BCUT2D eigenvalue weighted by molar-refractivity contribution is 7.99. The molecule has 0 aromatic rings. The molecule has 1 saturated carbocycles. The van der Waals surface area contributed by atoms with Crippen molar-refractivity contribution in [3.8, 4) is 0 Å². The van der Waals surface area contributed by atoms with E-state index in [4.69, 9.17) is 9.84 Å². The molecule has 0 radical (unpaired) electrons. The fourth-order valence-electron chi connectivity index (χ4n) is 3.16. The van der Waals surface area contributed by atoms with Gasteiger partial charge in [-0.15, -0.1) is 11.8 Å². The van der Waals surface area contributed by atoms with E-state index in [2.05, 4.69) is 0 Å². The zero-order valence-electron chi connectivity index (χ0n) is 10.7. The molecule has 3 aliphatic rings. The molecule has 0 aromatic carbocycles. The molecule has 7 heteroatoms. The predicted molar refractivity (Wildman–Crippen MR) is 70.1 cm³/mol. The molecule has 3 rings (SSSR count). The molecule has 0 spiro atoms. The number of nitrogens with zero attached hydrogens (tertiary/aromatic N) is 2. The van der Waals surface area contributed by atoms with Crippen molar-refractivity contribution >= 4 is 23.8 Å². The first-order valence-electron chi connectivity index (χ1n) is 6.68. The monoisotopic (exact) mass is 286 g/mol. The first-order chi connectivity index (χ1) is 9.18. The maximum absolute atomic E-state index is 12.6. The van der Waals surface area contributed by atoms with Crippen molar-refractivity contribution in [1.29, 1.82) is 0 Å². The molecule has 106 valence electrons. The van der Waals surface area contributed by atoms with Crippen molar-refractivity contribution in [2.24, 2.45) is 0 Å². The number of thioether (sulfide) groups is 1. The number of fused-ring (bicyclic) bond motifs is 1. The summed E-state index contributed by atoms with van der Waals surface area (Å²) >= 11 is 1.50. The summed E-state index contributed by atoms with van der Waals surface area (Å²) in [6.07, 6.45) is 3.20. The molecule has 3 fully saturated rings. The smallest absolute Gasteiger partial charge is 0.327 e. The first-order valence-corrected chi connectivity index (χ1v) is 7.83. The molecule has 0 bridgehead atoms. The Labute approximate surface area is 116 Å². The van der Waals surface area contributed by atoms with Gasteiger partial charge in [-0.05, 0) is 19.3 Å². The Morgan fingerprint density at radius 2 is 2.11 bits per heavy atom. The molecule has 1 aliphatic carbocycles. The Morgan fingerprint density at radius 1 is 1.26 bits per heavy atom. The number of ether oxygens (including phenoxy) is 1. The molecule has 3 atom stereocenters. The van der Waals surface area contributed by atoms with Gasteiger partial charge in [-0.2, -0.15) is 0 Å². The van der Waals surface area contributed by atoms with Crippen LogP contribution in [0.1, 0.15) is 19.3 Å². The largest absolute Gasteiger partial charge is 0.480 e. The summed E-state index contributed by atoms with van der Waals surface area (Å²) in [4.78, 5) is 27.1. The third kappa shape index (κ3) is 2.29. The number of hydrogen-bond acceptors (Lipinski definition) is 4. The Hall–Kier alpha value is -0.950. The Bertz CT molecular complexity index is 392. The molecule has 19 heavy (non-hydrogen) atoms. The summed E-state index contributed by atoms with van der Waals surface area (Å²) in [5, 5.41) is 9.17. The number of amides is 2. The van der Waals surface area contributed by atoms with E-state index in [0.717, 1.165) is 19.3 Å². The van der Waals surface area contributed by atoms with Gasteiger partial charge in [0.25, 0.3) is 0 Å². The van der Waals surface area contributed by atoms with Gasteiger partial charge in [-0.25, -0.2) is 9.59 Å². The van der Waals surface area contributed by atoms with E-state index in [0.29, 0.717) is 24.8 Å². The first kappa shape index (κ1) is 13.1. The summed E-state index contributed by atoms with van der Waals surface area (Å²) < 4.78 is 5.69. The fraction of sp³-hybridized carbons (Fsp3) is 0.833. The quantitative estimate of drug-likeness (QED) is 0.773. The van der Waals surface area contributed by atoms with Crippen molar-refractivity contribution < 1.29 is 19.4 Å². The van der Waals surface area contributed by atoms with Crippen LogP contribution in [-0.2, 0) is 9.53 Å². The van der Waals surface area contributed by atoms with Crippen molar-refractivity contribution in [1.82, 2.24) is 9.80 Å². The highest BCUT2D eigenvalue weighted by Gasteiger charge is 2.43. The maximum Gasteiger partial charge on any atom is 0.327 e. The van der Waals surface area contributed by atoms with E-state index in [9.17, 15) is 9.59 Å². The number of carboxylic acid groups (broad SMARTS) is 1. The third-order valence-corrected chi connectivity index (χ3v) is 5.15. The molecule has 3 unspecified atom stereocenters. The summed E-state index contributed by atoms with van der Waals surface area (Å²) in [6, 6.07) is -0.668. The Kier molecular flexibility index (Phi) is 3.58. The van der Waals surface area contributed by atoms with Crippen LogP contribution in [0.15, 0.2) is 0 Å². The van der Waals surface area contributed by atoms with Crippen molar-refractivity contribution in [3.05, 3.63) is 0 Å². The van der Waals surface area contributed by atoms with Gasteiger partial charge < -0.3 is 19.6 Å². The minimum atomic E-state index is -0.908. The topological polar surface area (TPSA) is 70.1 Å². The number of carboxylic acids is 1. The minimum absolute atomic E-state index is 0.127. The van der Waals surface area contributed by atoms with Gasteiger partial charge in [-0.1, -0.05) is 0 Å². The van der Waals surface area contributed by atoms with Crippen molar-refractivity contribution in [2.45, 2.75) is 37.5 Å². The minimum Gasteiger partial charge on any atom is -0.480 e. The molecule has 1 N–H and O–H groups in total. The second kappa shape index (κ2) is 5.20. The van der Waals surface area contributed by atoms with E-state index >= 15 is 0 Å². The second-order valence-corrected chi connectivity index (χ2v) is 6.21. The zero-order valence-corrected chi connectivity index (χ0v) is 11.5. The summed E-state index contributed by atoms with van der Waals surface area (Å²) in [5.74, 6) is 0.0546. The van der Waals surface area contributed by atoms with Crippen LogP contribution >= 0.6 is 11.8 Å². The SMILES string of the molecule is O=C(O)C1CSCN1C(=O)N1CCOC2CCCC21. The van der Waals surface area contributed by atoms with Gasteiger partial charge in [-0.3, -0.25) is 0 Å². The standard InChI is InChI=1S/C12H18N2O4S/c15-11(16)9-6-19-7-14(9)12(17)13-4-5-18-10-3-1-2-8(10)13/h8-10H,1-7H2,(H,15,16). The third-order valence-electron chi connectivity index (χ3n) is 4.14. The van der Waals surface area contributed by atoms with Crippen LogP contribution in [0, 0.1) is 0 Å². The van der Waals surface area contributed by atoms with E-state index in [1.807, 2.05) is 4.90 Å². The number of morpholine rings is 1. The maximum atomic E-state index is 12.6. The number of hydrogen-bond donors (Lipinski definition) is 1. The van der Waals surface area contributed by atoms with Crippen LogP contribution in [-0.4, -0.2) is 69.9 Å². The molecule has 2 heterocycles. The van der Waals surface area contributed by atoms with Crippen LogP contribution in [0.25, 0.3) is 0 Å². The van der Waals surface area contributed by atoms with Gasteiger partial charge in [0.2, 0.25) is 0 Å². The number of aliphatic carboxylic acids is 1. The van der Waals surface area contributed by atoms with Crippen LogP contribution in [0.2, 0.25) is 0 Å². The number of carbonyl (C=O) groups excluding carboxylic acids is 1. The van der Waals surface area contributed by atoms with Gasteiger partial charge >= 0.3 is 12.0 Å². The zero-order chi connectivity index (χ0) is 13.4. The molecule has 2 amide bonds. The Balaban J connectivity index is 1.74. The van der Waals surface area contributed by atoms with Crippen molar-refractivity contribution in [3.63, 3.8) is 0 Å². The molecule has 2 aliphatic heterocycles.